The fraction of sp³-hybridized carbons (Fsp3) is 0.200. The molecule has 0 spiro atoms. The summed E-state index contributed by atoms with van der Waals surface area (Å²) in [6.45, 7) is 3.85. The molecule has 0 bridgehead atoms. The maximum absolute atomic E-state index is 12.3. The van der Waals surface area contributed by atoms with Crippen LogP contribution < -0.4 is 5.32 Å². The zero-order valence-electron chi connectivity index (χ0n) is 12.7. The zero-order chi connectivity index (χ0) is 16.4. The number of carbonyl (C=O) groups is 1. The van der Waals surface area contributed by atoms with Crippen molar-refractivity contribution in [3.05, 3.63) is 58.4 Å². The maximum Gasteiger partial charge on any atom is 0.255 e. The maximum atomic E-state index is 12.3. The number of hydrogen-bond donors (Lipinski definition) is 2. The highest BCUT2D eigenvalue weighted by Crippen LogP contribution is 2.15. The molecule has 0 fully saturated rings. The van der Waals surface area contributed by atoms with E-state index in [2.05, 4.69) is 25.6 Å². The quantitative estimate of drug-likeness (QED) is 0.767. The van der Waals surface area contributed by atoms with Gasteiger partial charge in [-0.3, -0.25) is 9.89 Å². The molecule has 2 aromatic heterocycles. The lowest BCUT2D eigenvalue weighted by molar-refractivity contribution is 0.0949. The van der Waals surface area contributed by atoms with Crippen molar-refractivity contribution in [1.29, 1.82) is 0 Å². The molecular weight excluding hydrogens is 316 g/mol. The van der Waals surface area contributed by atoms with E-state index in [-0.39, 0.29) is 12.5 Å². The van der Waals surface area contributed by atoms with Crippen LogP contribution in [0.3, 0.4) is 0 Å². The Hall–Kier alpha value is -2.67. The van der Waals surface area contributed by atoms with E-state index in [1.807, 2.05) is 12.1 Å². The second-order valence-electron chi connectivity index (χ2n) is 5.07. The summed E-state index contributed by atoms with van der Waals surface area (Å²) < 4.78 is 1.65. The van der Waals surface area contributed by atoms with Crippen LogP contribution in [0.25, 0.3) is 5.69 Å². The number of aromatic nitrogens is 5. The van der Waals surface area contributed by atoms with E-state index < -0.39 is 0 Å². The number of hydrogen-bond acceptors (Lipinski definition) is 4. The lowest BCUT2D eigenvalue weighted by Crippen LogP contribution is -2.23. The van der Waals surface area contributed by atoms with E-state index in [0.29, 0.717) is 27.9 Å². The number of carbonyl (C=O) groups excluding carboxylic acids is 1. The molecule has 8 heteroatoms. The van der Waals surface area contributed by atoms with Crippen LogP contribution in [-0.4, -0.2) is 30.9 Å². The lowest BCUT2D eigenvalue weighted by Gasteiger charge is -2.01. The molecule has 1 aromatic carbocycles. The fourth-order valence-corrected chi connectivity index (χ4v) is 2.26. The number of aromatic amines is 1. The smallest absolute Gasteiger partial charge is 0.255 e. The molecule has 2 N–H and O–H groups in total. The van der Waals surface area contributed by atoms with Crippen molar-refractivity contribution in [3.63, 3.8) is 0 Å². The Balaban J connectivity index is 1.74. The van der Waals surface area contributed by atoms with Gasteiger partial charge in [-0.2, -0.15) is 10.2 Å². The largest absolute Gasteiger partial charge is 0.345 e. The summed E-state index contributed by atoms with van der Waals surface area (Å²) in [7, 11) is 0. The number of amides is 1. The third-order valence-corrected chi connectivity index (χ3v) is 3.54. The summed E-state index contributed by atoms with van der Waals surface area (Å²) in [5.41, 5.74) is 1.98. The van der Waals surface area contributed by atoms with Crippen LogP contribution in [0, 0.1) is 13.8 Å². The molecule has 1 amide bonds. The summed E-state index contributed by atoms with van der Waals surface area (Å²) in [4.78, 5) is 16.4. The van der Waals surface area contributed by atoms with Gasteiger partial charge in [0, 0.05) is 11.2 Å². The number of benzene rings is 1. The summed E-state index contributed by atoms with van der Waals surface area (Å²) in [5.74, 6) is 1.03. The molecule has 0 saturated heterocycles. The van der Waals surface area contributed by atoms with Crippen LogP contribution in [0.5, 0.6) is 0 Å². The second-order valence-corrected chi connectivity index (χ2v) is 5.51. The standard InChI is InChI=1S/C15H15ClN6O/c1-9-13(15(23)17-7-14-18-10(2)19-20-14)8-22(21-9)12-5-3-11(16)4-6-12/h3-6,8H,7H2,1-2H3,(H,17,23)(H,18,19,20). The number of nitrogens with zero attached hydrogens (tertiary/aromatic N) is 4. The second kappa shape index (κ2) is 6.21. The molecule has 3 rings (SSSR count). The first-order valence-electron chi connectivity index (χ1n) is 7.01. The Labute approximate surface area is 137 Å². The SMILES string of the molecule is Cc1nc(CNC(=O)c2cn(-c3ccc(Cl)cc3)nc2C)n[nH]1. The van der Waals surface area contributed by atoms with Crippen molar-refractivity contribution in [2.45, 2.75) is 20.4 Å². The third-order valence-electron chi connectivity index (χ3n) is 3.29. The van der Waals surface area contributed by atoms with Gasteiger partial charge in [0.15, 0.2) is 5.82 Å². The van der Waals surface area contributed by atoms with Gasteiger partial charge in [-0.15, -0.1) is 0 Å². The first kappa shape index (κ1) is 15.2. The molecule has 0 radical (unpaired) electrons. The van der Waals surface area contributed by atoms with Gasteiger partial charge in [-0.25, -0.2) is 9.67 Å². The minimum atomic E-state index is -0.217. The number of halogens is 1. The predicted octanol–water partition coefficient (Wildman–Crippen LogP) is 2.19. The summed E-state index contributed by atoms with van der Waals surface area (Å²) in [6, 6.07) is 7.23. The average molecular weight is 331 g/mol. The number of rotatable bonds is 4. The van der Waals surface area contributed by atoms with Crippen LogP contribution in [0.4, 0.5) is 0 Å². The van der Waals surface area contributed by atoms with Gasteiger partial charge in [-0.1, -0.05) is 11.6 Å². The Morgan fingerprint density at radius 1 is 1.30 bits per heavy atom. The van der Waals surface area contributed by atoms with E-state index >= 15 is 0 Å². The van der Waals surface area contributed by atoms with Gasteiger partial charge >= 0.3 is 0 Å². The number of aryl methyl sites for hydroxylation is 2. The van der Waals surface area contributed by atoms with Gasteiger partial charge in [0.2, 0.25) is 0 Å². The Morgan fingerprint density at radius 2 is 2.04 bits per heavy atom. The fourth-order valence-electron chi connectivity index (χ4n) is 2.13. The van der Waals surface area contributed by atoms with Crippen molar-refractivity contribution < 1.29 is 4.79 Å². The van der Waals surface area contributed by atoms with Crippen LogP contribution in [-0.2, 0) is 6.54 Å². The topological polar surface area (TPSA) is 88.5 Å². The molecule has 23 heavy (non-hydrogen) atoms. The first-order chi connectivity index (χ1) is 11.0. The molecule has 0 atom stereocenters. The molecule has 0 aliphatic rings. The minimum Gasteiger partial charge on any atom is -0.345 e. The Morgan fingerprint density at radius 3 is 2.70 bits per heavy atom. The Kier molecular flexibility index (Phi) is 4.12. The van der Waals surface area contributed by atoms with Crippen LogP contribution >= 0.6 is 11.6 Å². The van der Waals surface area contributed by atoms with Crippen LogP contribution in [0.15, 0.2) is 30.5 Å². The van der Waals surface area contributed by atoms with E-state index in [4.69, 9.17) is 11.6 Å². The van der Waals surface area contributed by atoms with Crippen LogP contribution in [0.1, 0.15) is 27.7 Å². The third kappa shape index (κ3) is 3.40. The molecule has 2 heterocycles. The molecule has 0 saturated carbocycles. The van der Waals surface area contributed by atoms with Crippen molar-refractivity contribution in [2.24, 2.45) is 0 Å². The minimum absolute atomic E-state index is 0.217. The van der Waals surface area contributed by atoms with E-state index in [1.54, 1.807) is 36.9 Å². The first-order valence-corrected chi connectivity index (χ1v) is 7.39. The van der Waals surface area contributed by atoms with Crippen molar-refractivity contribution in [3.8, 4) is 5.69 Å². The summed E-state index contributed by atoms with van der Waals surface area (Å²) in [5, 5.41) is 14.5. The molecule has 118 valence electrons. The Bertz CT molecular complexity index is 836. The highest BCUT2D eigenvalue weighted by atomic mass is 35.5. The normalized spacial score (nSPS) is 10.7. The molecule has 0 aliphatic carbocycles. The summed E-state index contributed by atoms with van der Waals surface area (Å²) >= 11 is 5.88. The van der Waals surface area contributed by atoms with E-state index in [0.717, 1.165) is 5.69 Å². The molecule has 7 nitrogen and oxygen atoms in total. The van der Waals surface area contributed by atoms with Crippen molar-refractivity contribution >= 4 is 17.5 Å². The van der Waals surface area contributed by atoms with Gasteiger partial charge in [0.1, 0.15) is 5.82 Å². The number of nitrogens with one attached hydrogen (secondary N) is 2. The summed E-state index contributed by atoms with van der Waals surface area (Å²) in [6.07, 6.45) is 1.69. The zero-order valence-corrected chi connectivity index (χ0v) is 13.4. The van der Waals surface area contributed by atoms with Crippen molar-refractivity contribution in [1.82, 2.24) is 30.3 Å². The lowest BCUT2D eigenvalue weighted by atomic mass is 10.2. The van der Waals surface area contributed by atoms with Gasteiger partial charge in [0.25, 0.3) is 5.91 Å². The number of H-pyrrole nitrogens is 1. The molecular formula is C15H15ClN6O. The average Bonchev–Trinajstić information content (AvgIpc) is 3.11. The highest BCUT2D eigenvalue weighted by Gasteiger charge is 2.14. The van der Waals surface area contributed by atoms with E-state index in [1.165, 1.54) is 0 Å². The monoisotopic (exact) mass is 330 g/mol. The van der Waals surface area contributed by atoms with Gasteiger partial charge < -0.3 is 5.32 Å². The van der Waals surface area contributed by atoms with Gasteiger partial charge in [-0.05, 0) is 38.1 Å². The molecule has 0 unspecified atom stereocenters. The molecule has 0 aliphatic heterocycles. The van der Waals surface area contributed by atoms with Crippen LogP contribution in [0.2, 0.25) is 5.02 Å². The van der Waals surface area contributed by atoms with Crippen molar-refractivity contribution in [2.75, 3.05) is 0 Å². The highest BCUT2D eigenvalue weighted by molar-refractivity contribution is 6.30. The van der Waals surface area contributed by atoms with E-state index in [9.17, 15) is 4.79 Å². The predicted molar refractivity (Wildman–Crippen MR) is 85.6 cm³/mol. The molecule has 3 aromatic rings. The van der Waals surface area contributed by atoms with Gasteiger partial charge in [0.05, 0.1) is 23.5 Å².